The first kappa shape index (κ1) is 24.2. The number of oxime groups is 1. The Morgan fingerprint density at radius 1 is 1.38 bits per heavy atom. The van der Waals surface area contributed by atoms with Gasteiger partial charge in [-0.25, -0.2) is 9.78 Å². The summed E-state index contributed by atoms with van der Waals surface area (Å²) in [6, 6.07) is -3.26. The number of aliphatic carboxylic acids is 1. The number of carbonyl (C=O) groups is 3. The molecule has 2 amide bonds. The molecule has 2 atom stereocenters. The quantitative estimate of drug-likeness (QED) is 0.130. The van der Waals surface area contributed by atoms with E-state index >= 15 is 0 Å². The van der Waals surface area contributed by atoms with Gasteiger partial charge in [0, 0.05) is 5.38 Å². The first-order chi connectivity index (χ1) is 13.1. The predicted octanol–water partition coefficient (Wildman–Crippen LogP) is -1.94. The Hall–Kier alpha value is -2.82. The van der Waals surface area contributed by atoms with Crippen LogP contribution >= 0.6 is 11.3 Å². The number of hydrogen-bond donors (Lipinski definition) is 6. The van der Waals surface area contributed by atoms with E-state index in [-0.39, 0.29) is 10.8 Å². The summed E-state index contributed by atoms with van der Waals surface area (Å²) in [4.78, 5) is 44.2. The Labute approximate surface area is 169 Å². The van der Waals surface area contributed by atoms with Crippen molar-refractivity contribution in [3.8, 4) is 0 Å². The Morgan fingerprint density at radius 3 is 2.38 bits per heavy atom. The number of nitrogens with zero attached hydrogens (tertiary/aromatic N) is 2. The standard InChI is InChI=1S/C13H20N6O8S2/c1-5(19-29(24,25)26)7(10(21)22)17-9(20)8(6-4-28-12(15)16-6)18-27-13(2,3)11(14)23/h4-5,7,19H,1-3H3,(H2,14,23)(H2,15,16)(H,17,20)(H,21,22)(H,24,25,26)/b18-8+. The van der Waals surface area contributed by atoms with E-state index in [0.29, 0.717) is 0 Å². The van der Waals surface area contributed by atoms with Crippen LogP contribution in [0.25, 0.3) is 0 Å². The van der Waals surface area contributed by atoms with Gasteiger partial charge in [0.15, 0.2) is 10.8 Å². The molecule has 0 aromatic carbocycles. The maximum atomic E-state index is 12.6. The molecule has 0 radical (unpaired) electrons. The lowest BCUT2D eigenvalue weighted by Crippen LogP contribution is -2.55. The topological polar surface area (TPSA) is 236 Å². The average molecular weight is 452 g/mol. The number of carboxylic acids is 1. The number of anilines is 1. The van der Waals surface area contributed by atoms with Gasteiger partial charge in [0.2, 0.25) is 5.60 Å². The van der Waals surface area contributed by atoms with Crippen molar-refractivity contribution in [1.29, 1.82) is 0 Å². The van der Waals surface area contributed by atoms with Crippen molar-refractivity contribution >= 4 is 50.3 Å². The fraction of sp³-hybridized carbons (Fsp3) is 0.462. The molecule has 29 heavy (non-hydrogen) atoms. The number of rotatable bonds is 10. The highest BCUT2D eigenvalue weighted by Crippen LogP contribution is 2.15. The van der Waals surface area contributed by atoms with Gasteiger partial charge in [-0.05, 0) is 20.8 Å². The predicted molar refractivity (Wildman–Crippen MR) is 101 cm³/mol. The number of amides is 2. The molecule has 0 bridgehead atoms. The summed E-state index contributed by atoms with van der Waals surface area (Å²) >= 11 is 0.947. The van der Waals surface area contributed by atoms with Crippen molar-refractivity contribution in [2.24, 2.45) is 10.9 Å². The second kappa shape index (κ2) is 9.12. The fourth-order valence-corrected chi connectivity index (χ4v) is 2.87. The molecule has 16 heteroatoms. The molecule has 0 aliphatic heterocycles. The minimum atomic E-state index is -4.74. The van der Waals surface area contributed by atoms with Gasteiger partial charge in [0.25, 0.3) is 11.8 Å². The zero-order valence-corrected chi connectivity index (χ0v) is 17.1. The Bertz CT molecular complexity index is 925. The summed E-state index contributed by atoms with van der Waals surface area (Å²) in [5.41, 5.74) is 8.43. The molecule has 8 N–H and O–H groups in total. The van der Waals surface area contributed by atoms with E-state index in [1.165, 1.54) is 19.2 Å². The van der Waals surface area contributed by atoms with Crippen LogP contribution in [0.3, 0.4) is 0 Å². The number of nitrogen functional groups attached to an aromatic ring is 1. The lowest BCUT2D eigenvalue weighted by atomic mass is 10.1. The molecule has 0 aliphatic rings. The Morgan fingerprint density at radius 2 is 1.97 bits per heavy atom. The van der Waals surface area contributed by atoms with Gasteiger partial charge in [-0.2, -0.15) is 13.1 Å². The third kappa shape index (κ3) is 7.26. The Kier molecular flexibility index (Phi) is 7.62. The van der Waals surface area contributed by atoms with Crippen LogP contribution in [-0.4, -0.2) is 64.2 Å². The van der Waals surface area contributed by atoms with Crippen LogP contribution in [0.15, 0.2) is 10.5 Å². The second-order valence-corrected chi connectivity index (χ2v) is 8.22. The number of nitrogens with one attached hydrogen (secondary N) is 2. The SMILES string of the molecule is CC(NS(=O)(=O)O)C(NC(=O)/C(=N/OC(C)(C)C(N)=O)c1csc(N)n1)C(=O)O. The number of nitrogens with two attached hydrogens (primary N) is 2. The third-order valence-corrected chi connectivity index (χ3v) is 4.67. The molecule has 0 fully saturated rings. The minimum Gasteiger partial charge on any atom is -0.480 e. The number of aromatic nitrogens is 1. The van der Waals surface area contributed by atoms with Gasteiger partial charge in [-0.15, -0.1) is 11.3 Å². The molecule has 14 nitrogen and oxygen atoms in total. The van der Waals surface area contributed by atoms with Crippen LogP contribution in [0.2, 0.25) is 0 Å². The normalized spacial score (nSPS) is 14.7. The molecule has 1 rings (SSSR count). The Balaban J connectivity index is 3.22. The monoisotopic (exact) mass is 452 g/mol. The van der Waals surface area contributed by atoms with Gasteiger partial charge in [0.1, 0.15) is 11.7 Å². The highest BCUT2D eigenvalue weighted by atomic mass is 32.2. The first-order valence-corrected chi connectivity index (χ1v) is 10.0. The van der Waals surface area contributed by atoms with E-state index in [2.05, 4.69) is 10.1 Å². The van der Waals surface area contributed by atoms with Crippen LogP contribution in [0.5, 0.6) is 0 Å². The first-order valence-electron chi connectivity index (χ1n) is 7.70. The van der Waals surface area contributed by atoms with E-state index in [1.807, 2.05) is 5.32 Å². The van der Waals surface area contributed by atoms with Crippen molar-refractivity contribution in [2.75, 3.05) is 5.73 Å². The van der Waals surface area contributed by atoms with Crippen molar-refractivity contribution in [3.05, 3.63) is 11.1 Å². The molecule has 1 aromatic heterocycles. The molecular formula is C13H20N6O8S2. The maximum Gasteiger partial charge on any atom is 0.333 e. The zero-order chi connectivity index (χ0) is 22.6. The lowest BCUT2D eigenvalue weighted by Gasteiger charge is -2.22. The second-order valence-electron chi connectivity index (χ2n) is 6.15. The lowest BCUT2D eigenvalue weighted by molar-refractivity contribution is -0.141. The summed E-state index contributed by atoms with van der Waals surface area (Å²) in [6.07, 6.45) is 0. The van der Waals surface area contributed by atoms with Crippen molar-refractivity contribution < 1.29 is 37.3 Å². The van der Waals surface area contributed by atoms with E-state index in [9.17, 15) is 27.9 Å². The highest BCUT2D eigenvalue weighted by molar-refractivity contribution is 7.83. The maximum absolute atomic E-state index is 12.6. The summed E-state index contributed by atoms with van der Waals surface area (Å²) in [7, 11) is -4.74. The number of primary amides is 1. The van der Waals surface area contributed by atoms with E-state index in [4.69, 9.17) is 20.9 Å². The molecule has 2 unspecified atom stereocenters. The number of carbonyl (C=O) groups excluding carboxylic acids is 2. The summed E-state index contributed by atoms with van der Waals surface area (Å²) in [6.45, 7) is 3.65. The largest absolute Gasteiger partial charge is 0.480 e. The van der Waals surface area contributed by atoms with Crippen molar-refractivity contribution in [3.63, 3.8) is 0 Å². The molecule has 0 saturated heterocycles. The van der Waals surface area contributed by atoms with Crippen LogP contribution < -0.4 is 21.5 Å². The van der Waals surface area contributed by atoms with Gasteiger partial charge >= 0.3 is 16.3 Å². The molecule has 0 saturated carbocycles. The fourth-order valence-electron chi connectivity index (χ4n) is 1.72. The van der Waals surface area contributed by atoms with E-state index in [1.54, 1.807) is 4.72 Å². The number of carboxylic acid groups (broad SMARTS) is 1. The van der Waals surface area contributed by atoms with Crippen LogP contribution in [0.4, 0.5) is 5.13 Å². The van der Waals surface area contributed by atoms with Crippen molar-refractivity contribution in [1.82, 2.24) is 15.0 Å². The van der Waals surface area contributed by atoms with Gasteiger partial charge in [-0.1, -0.05) is 5.16 Å². The molecule has 0 aliphatic carbocycles. The number of thiazole rings is 1. The molecule has 0 spiro atoms. The number of hydrogen-bond acceptors (Lipinski definition) is 10. The van der Waals surface area contributed by atoms with Crippen LogP contribution in [0.1, 0.15) is 26.5 Å². The summed E-state index contributed by atoms with van der Waals surface area (Å²) in [5, 5.41) is 16.3. The van der Waals surface area contributed by atoms with E-state index < -0.39 is 51.5 Å². The smallest absolute Gasteiger partial charge is 0.333 e. The van der Waals surface area contributed by atoms with Gasteiger partial charge in [0.05, 0.1) is 6.04 Å². The van der Waals surface area contributed by atoms with E-state index in [0.717, 1.165) is 18.3 Å². The van der Waals surface area contributed by atoms with Crippen LogP contribution in [0, 0.1) is 0 Å². The van der Waals surface area contributed by atoms with Gasteiger partial charge in [-0.3, -0.25) is 14.1 Å². The molecule has 1 aromatic rings. The molecule has 1 heterocycles. The average Bonchev–Trinajstić information content (AvgIpc) is 2.96. The van der Waals surface area contributed by atoms with Crippen LogP contribution in [-0.2, 0) is 29.5 Å². The zero-order valence-electron chi connectivity index (χ0n) is 15.4. The van der Waals surface area contributed by atoms with Crippen molar-refractivity contribution in [2.45, 2.75) is 38.5 Å². The summed E-state index contributed by atoms with van der Waals surface area (Å²) in [5.74, 6) is -3.64. The molecular weight excluding hydrogens is 432 g/mol. The van der Waals surface area contributed by atoms with Gasteiger partial charge < -0.3 is 26.7 Å². The highest BCUT2D eigenvalue weighted by Gasteiger charge is 2.33. The third-order valence-electron chi connectivity index (χ3n) is 3.33. The molecule has 162 valence electrons. The minimum absolute atomic E-state index is 0.0610. The summed E-state index contributed by atoms with van der Waals surface area (Å²) < 4.78 is 32.3.